The third kappa shape index (κ3) is 3.35. The highest BCUT2D eigenvalue weighted by atomic mass is 16.6. The Kier molecular flexibility index (Phi) is 3.86. The van der Waals surface area contributed by atoms with Crippen LogP contribution in [-0.4, -0.2) is 47.3 Å². The third-order valence-electron chi connectivity index (χ3n) is 4.47. The van der Waals surface area contributed by atoms with Crippen molar-refractivity contribution in [3.63, 3.8) is 0 Å². The van der Waals surface area contributed by atoms with Gasteiger partial charge >= 0.3 is 6.09 Å². The van der Waals surface area contributed by atoms with Crippen molar-refractivity contribution in [2.24, 2.45) is 5.92 Å². The first-order chi connectivity index (χ1) is 10.7. The lowest BCUT2D eigenvalue weighted by atomic mass is 10.1. The second-order valence-electron chi connectivity index (χ2n) is 7.62. The van der Waals surface area contributed by atoms with Gasteiger partial charge in [-0.05, 0) is 51.8 Å². The number of pyridine rings is 1. The number of rotatable bonds is 1. The van der Waals surface area contributed by atoms with Crippen molar-refractivity contribution in [2.75, 3.05) is 30.3 Å². The van der Waals surface area contributed by atoms with Crippen molar-refractivity contribution in [3.8, 4) is 0 Å². The summed E-state index contributed by atoms with van der Waals surface area (Å²) < 4.78 is 5.50. The van der Waals surface area contributed by atoms with E-state index >= 15 is 0 Å². The van der Waals surface area contributed by atoms with E-state index in [0.717, 1.165) is 30.9 Å². The molecule has 2 N–H and O–H groups in total. The predicted octanol–water partition coefficient (Wildman–Crippen LogP) is 2.42. The fourth-order valence-corrected chi connectivity index (χ4v) is 3.54. The molecule has 0 aromatic carbocycles. The van der Waals surface area contributed by atoms with Gasteiger partial charge < -0.3 is 20.3 Å². The first kappa shape index (κ1) is 15.9. The van der Waals surface area contributed by atoms with Gasteiger partial charge in [0.05, 0.1) is 6.04 Å². The lowest BCUT2D eigenvalue weighted by Crippen LogP contribution is -2.39. The van der Waals surface area contributed by atoms with Gasteiger partial charge in [-0.1, -0.05) is 0 Å². The van der Waals surface area contributed by atoms with Crippen molar-refractivity contribution in [2.45, 2.75) is 45.8 Å². The monoisotopic (exact) mass is 318 g/mol. The molecule has 2 aliphatic heterocycles. The van der Waals surface area contributed by atoms with Crippen LogP contribution in [0.5, 0.6) is 0 Å². The molecule has 0 aliphatic carbocycles. The smallest absolute Gasteiger partial charge is 0.410 e. The van der Waals surface area contributed by atoms with Crippen LogP contribution < -0.4 is 10.6 Å². The number of ether oxygens (including phenoxy) is 1. The van der Waals surface area contributed by atoms with E-state index in [0.29, 0.717) is 24.3 Å². The number of anilines is 2. The minimum Gasteiger partial charge on any atom is -0.444 e. The number of nitrogens with two attached hydrogens (primary N) is 1. The van der Waals surface area contributed by atoms with E-state index in [1.54, 1.807) is 0 Å². The summed E-state index contributed by atoms with van der Waals surface area (Å²) >= 11 is 0. The Morgan fingerprint density at radius 2 is 2.09 bits per heavy atom. The maximum absolute atomic E-state index is 12.3. The molecule has 6 heteroatoms. The Bertz CT molecular complexity index is 591. The standard InChI is InChI=1S/C17H26N4O2/c1-11-7-14(18)19-15(8-11)21-6-5-12-9-20(10-13(12)21)16(22)23-17(2,3)4/h7-8,12-13H,5-6,9-10H2,1-4H3,(H2,18,19). The van der Waals surface area contributed by atoms with Crippen LogP contribution in [0.4, 0.5) is 16.4 Å². The van der Waals surface area contributed by atoms with Gasteiger partial charge in [-0.3, -0.25) is 0 Å². The maximum atomic E-state index is 12.3. The van der Waals surface area contributed by atoms with Crippen molar-refractivity contribution >= 4 is 17.7 Å². The van der Waals surface area contributed by atoms with E-state index in [2.05, 4.69) is 16.0 Å². The summed E-state index contributed by atoms with van der Waals surface area (Å²) in [5, 5.41) is 0. The normalized spacial score (nSPS) is 24.0. The summed E-state index contributed by atoms with van der Waals surface area (Å²) in [7, 11) is 0. The number of nitrogens with zero attached hydrogens (tertiary/aromatic N) is 3. The molecule has 2 unspecified atom stereocenters. The Hall–Kier alpha value is -1.98. The topological polar surface area (TPSA) is 71.7 Å². The van der Waals surface area contributed by atoms with Gasteiger partial charge in [0, 0.05) is 25.6 Å². The molecule has 0 spiro atoms. The minimum absolute atomic E-state index is 0.219. The Labute approximate surface area is 137 Å². The molecule has 3 rings (SSSR count). The SMILES string of the molecule is Cc1cc(N)nc(N2CCC3CN(C(=O)OC(C)(C)C)CC32)c1. The highest BCUT2D eigenvalue weighted by Crippen LogP contribution is 2.35. The van der Waals surface area contributed by atoms with Crippen LogP contribution in [0, 0.1) is 12.8 Å². The van der Waals surface area contributed by atoms with Crippen LogP contribution in [0.2, 0.25) is 0 Å². The molecular formula is C17H26N4O2. The number of carbonyl (C=O) groups is 1. The van der Waals surface area contributed by atoms with Crippen LogP contribution in [0.15, 0.2) is 12.1 Å². The second-order valence-corrected chi connectivity index (χ2v) is 7.62. The lowest BCUT2D eigenvalue weighted by Gasteiger charge is -2.28. The second kappa shape index (κ2) is 5.58. The summed E-state index contributed by atoms with van der Waals surface area (Å²) in [5.74, 6) is 1.94. The number of hydrogen-bond acceptors (Lipinski definition) is 5. The third-order valence-corrected chi connectivity index (χ3v) is 4.47. The fourth-order valence-electron chi connectivity index (χ4n) is 3.54. The Morgan fingerprint density at radius 1 is 1.35 bits per heavy atom. The van der Waals surface area contributed by atoms with Gasteiger partial charge in [-0.25, -0.2) is 9.78 Å². The summed E-state index contributed by atoms with van der Waals surface area (Å²) in [5.41, 5.74) is 6.54. The first-order valence-corrected chi connectivity index (χ1v) is 8.22. The summed E-state index contributed by atoms with van der Waals surface area (Å²) in [6.45, 7) is 10.1. The first-order valence-electron chi connectivity index (χ1n) is 8.22. The molecule has 23 heavy (non-hydrogen) atoms. The summed E-state index contributed by atoms with van der Waals surface area (Å²) in [4.78, 5) is 20.9. The molecule has 1 amide bonds. The molecule has 2 fully saturated rings. The van der Waals surface area contributed by atoms with Gasteiger partial charge in [0.1, 0.15) is 17.2 Å². The largest absolute Gasteiger partial charge is 0.444 e. The quantitative estimate of drug-likeness (QED) is 0.861. The highest BCUT2D eigenvalue weighted by Gasteiger charge is 2.44. The number of amides is 1. The van der Waals surface area contributed by atoms with E-state index in [1.807, 2.05) is 38.7 Å². The van der Waals surface area contributed by atoms with Crippen LogP contribution in [-0.2, 0) is 4.74 Å². The molecule has 3 heterocycles. The lowest BCUT2D eigenvalue weighted by molar-refractivity contribution is 0.0284. The molecule has 1 aromatic rings. The molecule has 2 saturated heterocycles. The van der Waals surface area contributed by atoms with Gasteiger partial charge in [0.2, 0.25) is 0 Å². The molecule has 2 atom stereocenters. The average Bonchev–Trinajstić information content (AvgIpc) is 2.94. The van der Waals surface area contributed by atoms with Crippen molar-refractivity contribution < 1.29 is 9.53 Å². The maximum Gasteiger partial charge on any atom is 0.410 e. The van der Waals surface area contributed by atoms with Crippen molar-refractivity contribution in [1.82, 2.24) is 9.88 Å². The van der Waals surface area contributed by atoms with Crippen LogP contribution >= 0.6 is 0 Å². The molecule has 1 aromatic heterocycles. The van der Waals surface area contributed by atoms with E-state index < -0.39 is 5.60 Å². The van der Waals surface area contributed by atoms with E-state index in [-0.39, 0.29) is 6.09 Å². The van der Waals surface area contributed by atoms with E-state index in [4.69, 9.17) is 10.5 Å². The highest BCUT2D eigenvalue weighted by molar-refractivity contribution is 5.69. The zero-order valence-corrected chi connectivity index (χ0v) is 14.4. The van der Waals surface area contributed by atoms with Gasteiger partial charge in [0.15, 0.2) is 0 Å². The number of hydrogen-bond donors (Lipinski definition) is 1. The number of fused-ring (bicyclic) bond motifs is 1. The number of aryl methyl sites for hydroxylation is 1. The zero-order chi connectivity index (χ0) is 16.8. The average molecular weight is 318 g/mol. The number of likely N-dealkylation sites (tertiary alicyclic amines) is 1. The zero-order valence-electron chi connectivity index (χ0n) is 14.4. The summed E-state index contributed by atoms with van der Waals surface area (Å²) in [6, 6.07) is 4.24. The number of carbonyl (C=O) groups excluding carboxylic acids is 1. The number of aromatic nitrogens is 1. The van der Waals surface area contributed by atoms with Crippen LogP contribution in [0.3, 0.4) is 0 Å². The minimum atomic E-state index is -0.457. The molecule has 126 valence electrons. The molecule has 6 nitrogen and oxygen atoms in total. The molecular weight excluding hydrogens is 292 g/mol. The van der Waals surface area contributed by atoms with Crippen molar-refractivity contribution in [3.05, 3.63) is 17.7 Å². The van der Waals surface area contributed by atoms with E-state index in [9.17, 15) is 4.79 Å². The van der Waals surface area contributed by atoms with E-state index in [1.165, 1.54) is 0 Å². The van der Waals surface area contributed by atoms with Crippen LogP contribution in [0.25, 0.3) is 0 Å². The molecule has 0 radical (unpaired) electrons. The van der Waals surface area contributed by atoms with Gasteiger partial charge in [-0.15, -0.1) is 0 Å². The molecule has 2 aliphatic rings. The number of nitrogen functional groups attached to an aromatic ring is 1. The Morgan fingerprint density at radius 3 is 2.74 bits per heavy atom. The van der Waals surface area contributed by atoms with Crippen molar-refractivity contribution in [1.29, 1.82) is 0 Å². The Balaban J connectivity index is 1.73. The van der Waals surface area contributed by atoms with Crippen LogP contribution in [0.1, 0.15) is 32.8 Å². The summed E-state index contributed by atoms with van der Waals surface area (Å²) in [6.07, 6.45) is 0.850. The molecule has 0 bridgehead atoms. The molecule has 0 saturated carbocycles. The van der Waals surface area contributed by atoms with Gasteiger partial charge in [-0.2, -0.15) is 0 Å². The van der Waals surface area contributed by atoms with Gasteiger partial charge in [0.25, 0.3) is 0 Å². The fraction of sp³-hybridized carbons (Fsp3) is 0.647. The predicted molar refractivity (Wildman–Crippen MR) is 90.4 cm³/mol.